The lowest BCUT2D eigenvalue weighted by molar-refractivity contribution is -0.914. The van der Waals surface area contributed by atoms with E-state index in [0.29, 0.717) is 0 Å². The third-order valence-corrected chi connectivity index (χ3v) is 7.39. The fraction of sp³-hybridized carbons (Fsp3) is 0.464. The Hall–Kier alpha value is -1.37. The van der Waals surface area contributed by atoms with E-state index < -0.39 is 0 Å². The molecule has 1 aliphatic heterocycles. The van der Waals surface area contributed by atoms with Crippen LogP contribution in [0, 0.1) is 0 Å². The zero-order valence-electron chi connectivity index (χ0n) is 21.8. The van der Waals surface area contributed by atoms with Gasteiger partial charge in [-0.3, -0.25) is 0 Å². The van der Waals surface area contributed by atoms with Gasteiger partial charge < -0.3 is 71.8 Å². The summed E-state index contributed by atoms with van der Waals surface area (Å²) in [7, 11) is 8.68. The van der Waals surface area contributed by atoms with Crippen molar-refractivity contribution in [2.45, 2.75) is 19.3 Å². The van der Waals surface area contributed by atoms with Crippen molar-refractivity contribution in [2.75, 3.05) is 65.8 Å². The average Bonchev–Trinajstić information content (AvgIpc) is 3.20. The van der Waals surface area contributed by atoms with Crippen LogP contribution in [0.15, 0.2) is 46.9 Å². The number of halogens is 2. The number of nitrogens with zero attached hydrogens (tertiary/aromatic N) is 3. The first-order valence-electron chi connectivity index (χ1n) is 12.6. The molecule has 0 aliphatic carbocycles. The summed E-state index contributed by atoms with van der Waals surface area (Å²) in [5.74, 6) is 0.911. The van der Waals surface area contributed by atoms with Crippen molar-refractivity contribution in [3.63, 3.8) is 0 Å². The molecule has 2 aromatic carbocycles. The van der Waals surface area contributed by atoms with E-state index in [9.17, 15) is 0 Å². The maximum Gasteiger partial charge on any atom is 0.261 e. The van der Waals surface area contributed by atoms with E-state index in [0.717, 1.165) is 64.2 Å². The van der Waals surface area contributed by atoms with Crippen LogP contribution in [0.3, 0.4) is 0 Å². The highest BCUT2D eigenvalue weighted by Gasteiger charge is 2.26. The molecule has 1 N–H and O–H groups in total. The smallest absolute Gasteiger partial charge is 0.261 e. The van der Waals surface area contributed by atoms with Gasteiger partial charge in [0.2, 0.25) is 11.1 Å². The zero-order chi connectivity index (χ0) is 23.7. The van der Waals surface area contributed by atoms with Gasteiger partial charge >= 0.3 is 0 Å². The number of aryl methyl sites for hydroxylation is 1. The standard InChI is InChI=1S/C28H37N4O2.2HI/c1-30(2)15-14-29-26-22-10-6-7-11-24(22)31(3)27-23-20-21(12-13-25(23)34-28(26)27)33-19-18-32(4)16-8-5-9-17-32;;/h6-7,10-13,20H,5,8-9,14-19H2,1-4H3;2*1H/q+1;;/p-1. The van der Waals surface area contributed by atoms with Gasteiger partial charge in [0, 0.05) is 19.2 Å². The van der Waals surface area contributed by atoms with Gasteiger partial charge in [-0.2, -0.15) is 4.57 Å². The number of likely N-dealkylation sites (tertiary alicyclic amines) is 1. The number of piperidine rings is 1. The minimum Gasteiger partial charge on any atom is -1.00 e. The molecular formula is C28H38I2N4O2. The van der Waals surface area contributed by atoms with Gasteiger partial charge in [0.15, 0.2) is 0 Å². The monoisotopic (exact) mass is 716 g/mol. The van der Waals surface area contributed by atoms with Crippen molar-refractivity contribution < 1.29 is 66.2 Å². The van der Waals surface area contributed by atoms with E-state index in [2.05, 4.69) is 79.4 Å². The van der Waals surface area contributed by atoms with Crippen LogP contribution in [0.2, 0.25) is 0 Å². The van der Waals surface area contributed by atoms with Crippen molar-refractivity contribution >= 4 is 38.7 Å². The molecule has 196 valence electrons. The maximum atomic E-state index is 6.45. The number of benzene rings is 2. The lowest BCUT2D eigenvalue weighted by Crippen LogP contribution is -3.00. The first kappa shape index (κ1) is 29.2. The summed E-state index contributed by atoms with van der Waals surface area (Å²) >= 11 is 0. The summed E-state index contributed by atoms with van der Waals surface area (Å²) < 4.78 is 16.1. The zero-order valence-corrected chi connectivity index (χ0v) is 26.1. The summed E-state index contributed by atoms with van der Waals surface area (Å²) in [6.45, 7) is 6.13. The molecule has 0 saturated carbocycles. The van der Waals surface area contributed by atoms with Gasteiger partial charge in [-0.25, -0.2) is 0 Å². The Labute approximate surface area is 248 Å². The van der Waals surface area contributed by atoms with E-state index >= 15 is 0 Å². The van der Waals surface area contributed by atoms with Crippen LogP contribution in [0.1, 0.15) is 19.3 Å². The summed E-state index contributed by atoms with van der Waals surface area (Å²) in [6, 6.07) is 14.8. The van der Waals surface area contributed by atoms with Crippen LogP contribution in [0.4, 0.5) is 5.69 Å². The first-order chi connectivity index (χ1) is 16.5. The molecule has 0 unspecified atom stereocenters. The third-order valence-electron chi connectivity index (χ3n) is 7.39. The summed E-state index contributed by atoms with van der Waals surface area (Å²) in [5.41, 5.74) is 5.13. The Morgan fingerprint density at radius 1 is 1.03 bits per heavy atom. The number of hydrogen-bond donors (Lipinski definition) is 1. The SMILES string of the molecule is CN(C)CCNc1c2ccccc2[n+](C)c2c1oc1ccc(OCC[N+]3(C)CCCCC3)cc12.[I-].[I-]. The van der Waals surface area contributed by atoms with E-state index in [1.807, 2.05) is 6.07 Å². The fourth-order valence-corrected chi connectivity index (χ4v) is 5.34. The minimum atomic E-state index is 0. The molecule has 0 radical (unpaired) electrons. The van der Waals surface area contributed by atoms with Crippen LogP contribution >= 0.6 is 0 Å². The van der Waals surface area contributed by atoms with Crippen LogP contribution in [-0.4, -0.2) is 69.9 Å². The molecule has 0 spiro atoms. The van der Waals surface area contributed by atoms with Gasteiger partial charge in [-0.05, 0) is 57.6 Å². The molecule has 0 amide bonds. The highest BCUT2D eigenvalue weighted by molar-refractivity contribution is 6.11. The van der Waals surface area contributed by atoms with E-state index in [1.165, 1.54) is 43.3 Å². The van der Waals surface area contributed by atoms with Gasteiger partial charge in [0.1, 0.15) is 31.5 Å². The molecule has 5 rings (SSSR count). The molecule has 0 bridgehead atoms. The molecule has 1 aliphatic rings. The number of hydrogen-bond acceptors (Lipinski definition) is 4. The number of quaternary nitrogens is 1. The van der Waals surface area contributed by atoms with Crippen molar-refractivity contribution in [1.82, 2.24) is 4.90 Å². The Balaban J connectivity index is 0.00000180. The number of rotatable bonds is 8. The number of nitrogens with one attached hydrogen (secondary N) is 1. The van der Waals surface area contributed by atoms with Crippen molar-refractivity contribution in [2.24, 2.45) is 7.05 Å². The molecule has 1 saturated heterocycles. The highest BCUT2D eigenvalue weighted by atomic mass is 127. The van der Waals surface area contributed by atoms with Gasteiger partial charge in [-0.1, -0.05) is 12.1 Å². The highest BCUT2D eigenvalue weighted by Crippen LogP contribution is 2.37. The fourth-order valence-electron chi connectivity index (χ4n) is 5.34. The lowest BCUT2D eigenvalue weighted by Gasteiger charge is -2.37. The molecule has 1 fully saturated rings. The van der Waals surface area contributed by atoms with Gasteiger partial charge in [0.05, 0.1) is 36.6 Å². The van der Waals surface area contributed by atoms with Gasteiger partial charge in [0.25, 0.3) is 5.52 Å². The van der Waals surface area contributed by atoms with Gasteiger partial charge in [-0.15, -0.1) is 0 Å². The number of para-hydroxylation sites is 1. The topological polar surface area (TPSA) is 41.5 Å². The molecule has 0 atom stereocenters. The Bertz CT molecular complexity index is 1320. The number of fused-ring (bicyclic) bond motifs is 4. The largest absolute Gasteiger partial charge is 1.00 e. The molecule has 8 heteroatoms. The van der Waals surface area contributed by atoms with E-state index in [4.69, 9.17) is 9.15 Å². The Kier molecular flexibility index (Phi) is 10.1. The lowest BCUT2D eigenvalue weighted by atomic mass is 10.1. The molecule has 3 heterocycles. The van der Waals surface area contributed by atoms with Crippen molar-refractivity contribution in [3.05, 3.63) is 42.5 Å². The summed E-state index contributed by atoms with van der Waals surface area (Å²) in [4.78, 5) is 2.18. The predicted molar refractivity (Wildman–Crippen MR) is 140 cm³/mol. The number of ether oxygens (including phenoxy) is 1. The molecule has 36 heavy (non-hydrogen) atoms. The second-order valence-electron chi connectivity index (χ2n) is 10.3. The molecule has 4 aromatic rings. The number of anilines is 1. The van der Waals surface area contributed by atoms with Crippen LogP contribution < -0.4 is 62.6 Å². The number of pyridine rings is 1. The van der Waals surface area contributed by atoms with Crippen LogP contribution in [0.5, 0.6) is 5.75 Å². The Morgan fingerprint density at radius 2 is 1.78 bits per heavy atom. The molecule has 2 aromatic heterocycles. The number of likely N-dealkylation sites (N-methyl/N-ethyl adjacent to an activating group) is 2. The van der Waals surface area contributed by atoms with E-state index in [-0.39, 0.29) is 48.0 Å². The average molecular weight is 716 g/mol. The van der Waals surface area contributed by atoms with E-state index in [1.54, 1.807) is 0 Å². The van der Waals surface area contributed by atoms with Crippen LogP contribution in [-0.2, 0) is 7.05 Å². The molecule has 6 nitrogen and oxygen atoms in total. The summed E-state index contributed by atoms with van der Waals surface area (Å²) in [5, 5.41) is 5.92. The third kappa shape index (κ3) is 6.02. The maximum absolute atomic E-state index is 6.45. The molecular weight excluding hydrogens is 678 g/mol. The quantitative estimate of drug-likeness (QED) is 0.138. The Morgan fingerprint density at radius 3 is 2.53 bits per heavy atom. The summed E-state index contributed by atoms with van der Waals surface area (Å²) in [6.07, 6.45) is 4.04. The predicted octanol–water partition coefficient (Wildman–Crippen LogP) is -1.45. The second-order valence-corrected chi connectivity index (χ2v) is 10.3. The normalized spacial score (nSPS) is 15.1. The minimum absolute atomic E-state index is 0. The number of furan rings is 1. The van der Waals surface area contributed by atoms with Crippen molar-refractivity contribution in [3.8, 4) is 5.75 Å². The second kappa shape index (κ2) is 12.4. The van der Waals surface area contributed by atoms with Crippen molar-refractivity contribution in [1.29, 1.82) is 0 Å². The first-order valence-corrected chi connectivity index (χ1v) is 12.6. The van der Waals surface area contributed by atoms with Crippen LogP contribution in [0.25, 0.3) is 33.0 Å². The number of aromatic nitrogens is 1.